The monoisotopic (exact) mass is 236 g/mol. The second-order valence-corrected chi connectivity index (χ2v) is 4.40. The smallest absolute Gasteiger partial charge is 0.0499 e. The second-order valence-electron chi connectivity index (χ2n) is 4.00. The topological polar surface area (TPSA) is 17.0 Å². The SMILES string of the molecule is CCn1c(C(C)NC)cc2c(Cl)cccc21. The number of aryl methyl sites for hydroxylation is 1. The quantitative estimate of drug-likeness (QED) is 0.862. The Bertz CT molecular complexity index is 502. The number of hydrogen-bond acceptors (Lipinski definition) is 1. The third-order valence-corrected chi connectivity index (χ3v) is 3.45. The maximum atomic E-state index is 6.21. The molecule has 0 aliphatic rings. The van der Waals surface area contributed by atoms with Gasteiger partial charge in [0.1, 0.15) is 0 Å². The number of nitrogens with zero attached hydrogens (tertiary/aromatic N) is 1. The van der Waals surface area contributed by atoms with Crippen LogP contribution in [-0.2, 0) is 6.54 Å². The summed E-state index contributed by atoms with van der Waals surface area (Å²) >= 11 is 6.21. The zero-order valence-corrected chi connectivity index (χ0v) is 10.7. The van der Waals surface area contributed by atoms with E-state index in [4.69, 9.17) is 11.6 Å². The molecule has 1 heterocycles. The normalized spacial score (nSPS) is 13.2. The molecular weight excluding hydrogens is 220 g/mol. The van der Waals surface area contributed by atoms with Crippen LogP contribution in [0.3, 0.4) is 0 Å². The number of fused-ring (bicyclic) bond motifs is 1. The third kappa shape index (κ3) is 1.72. The average Bonchev–Trinajstić information content (AvgIpc) is 2.68. The van der Waals surface area contributed by atoms with Crippen molar-refractivity contribution in [2.24, 2.45) is 0 Å². The zero-order valence-electron chi connectivity index (χ0n) is 9.92. The summed E-state index contributed by atoms with van der Waals surface area (Å²) in [5, 5.41) is 5.24. The van der Waals surface area contributed by atoms with E-state index in [0.29, 0.717) is 6.04 Å². The van der Waals surface area contributed by atoms with Gasteiger partial charge in [0.25, 0.3) is 0 Å². The van der Waals surface area contributed by atoms with Gasteiger partial charge in [0.15, 0.2) is 0 Å². The van der Waals surface area contributed by atoms with Crippen molar-refractivity contribution in [3.63, 3.8) is 0 Å². The molecule has 2 rings (SSSR count). The fourth-order valence-electron chi connectivity index (χ4n) is 2.13. The van der Waals surface area contributed by atoms with Crippen LogP contribution in [0.1, 0.15) is 25.6 Å². The van der Waals surface area contributed by atoms with Gasteiger partial charge in [-0.1, -0.05) is 17.7 Å². The lowest BCUT2D eigenvalue weighted by Crippen LogP contribution is -2.16. The van der Waals surface area contributed by atoms with Crippen molar-refractivity contribution in [2.45, 2.75) is 26.4 Å². The molecule has 0 aliphatic heterocycles. The van der Waals surface area contributed by atoms with Gasteiger partial charge in [-0.25, -0.2) is 0 Å². The van der Waals surface area contributed by atoms with Gasteiger partial charge < -0.3 is 9.88 Å². The van der Waals surface area contributed by atoms with Gasteiger partial charge >= 0.3 is 0 Å². The highest BCUT2D eigenvalue weighted by atomic mass is 35.5. The lowest BCUT2D eigenvalue weighted by Gasteiger charge is -2.13. The van der Waals surface area contributed by atoms with Crippen LogP contribution in [0.4, 0.5) is 0 Å². The summed E-state index contributed by atoms with van der Waals surface area (Å²) in [5.74, 6) is 0. The second kappa shape index (κ2) is 4.48. The van der Waals surface area contributed by atoms with Crippen LogP contribution in [0.15, 0.2) is 24.3 Å². The molecule has 0 saturated heterocycles. The summed E-state index contributed by atoms with van der Waals surface area (Å²) in [6.07, 6.45) is 0. The molecule has 16 heavy (non-hydrogen) atoms. The summed E-state index contributed by atoms with van der Waals surface area (Å²) in [4.78, 5) is 0. The van der Waals surface area contributed by atoms with Crippen molar-refractivity contribution in [1.29, 1.82) is 0 Å². The molecule has 0 aliphatic carbocycles. The van der Waals surface area contributed by atoms with E-state index in [-0.39, 0.29) is 0 Å². The fourth-order valence-corrected chi connectivity index (χ4v) is 2.35. The Kier molecular flexibility index (Phi) is 3.22. The van der Waals surface area contributed by atoms with Crippen molar-refractivity contribution in [3.05, 3.63) is 35.0 Å². The molecule has 0 radical (unpaired) electrons. The standard InChI is InChI=1S/C13H17ClN2/c1-4-16-12-7-5-6-11(14)10(12)8-13(16)9(2)15-3/h5-9,15H,4H2,1-3H3. The Balaban J connectivity index is 2.71. The van der Waals surface area contributed by atoms with Crippen LogP contribution in [0.5, 0.6) is 0 Å². The van der Waals surface area contributed by atoms with Gasteiger partial charge in [0, 0.05) is 34.2 Å². The molecule has 1 aromatic carbocycles. The van der Waals surface area contributed by atoms with Crippen LogP contribution < -0.4 is 5.32 Å². The van der Waals surface area contributed by atoms with Crippen molar-refractivity contribution in [1.82, 2.24) is 9.88 Å². The zero-order chi connectivity index (χ0) is 11.7. The van der Waals surface area contributed by atoms with Gasteiger partial charge in [0.05, 0.1) is 0 Å². The van der Waals surface area contributed by atoms with Gasteiger partial charge in [-0.3, -0.25) is 0 Å². The predicted octanol–water partition coefficient (Wildman–Crippen LogP) is 3.60. The van der Waals surface area contributed by atoms with Crippen LogP contribution >= 0.6 is 11.6 Å². The van der Waals surface area contributed by atoms with Crippen molar-refractivity contribution < 1.29 is 0 Å². The highest BCUT2D eigenvalue weighted by Gasteiger charge is 2.13. The first-order valence-corrected chi connectivity index (χ1v) is 6.01. The first-order valence-electron chi connectivity index (χ1n) is 5.64. The molecule has 3 heteroatoms. The molecule has 1 aromatic heterocycles. The molecule has 86 valence electrons. The van der Waals surface area contributed by atoms with E-state index < -0.39 is 0 Å². The molecule has 2 nitrogen and oxygen atoms in total. The van der Waals surface area contributed by atoms with Crippen LogP contribution in [0.2, 0.25) is 5.02 Å². The Hall–Kier alpha value is -0.990. The lowest BCUT2D eigenvalue weighted by atomic mass is 10.2. The minimum Gasteiger partial charge on any atom is -0.343 e. The summed E-state index contributed by atoms with van der Waals surface area (Å²) < 4.78 is 2.31. The number of nitrogens with one attached hydrogen (secondary N) is 1. The number of halogens is 1. The highest BCUT2D eigenvalue weighted by molar-refractivity contribution is 6.35. The van der Waals surface area contributed by atoms with Crippen LogP contribution in [0, 0.1) is 0 Å². The summed E-state index contributed by atoms with van der Waals surface area (Å²) in [6, 6.07) is 8.59. The van der Waals surface area contributed by atoms with E-state index >= 15 is 0 Å². The van der Waals surface area contributed by atoms with Crippen molar-refractivity contribution >= 4 is 22.5 Å². The van der Waals surface area contributed by atoms with E-state index in [2.05, 4.69) is 35.9 Å². The minimum absolute atomic E-state index is 0.336. The van der Waals surface area contributed by atoms with Gasteiger partial charge in [0.2, 0.25) is 0 Å². The maximum absolute atomic E-state index is 6.21. The van der Waals surface area contributed by atoms with E-state index in [9.17, 15) is 0 Å². The molecule has 1 N–H and O–H groups in total. The van der Waals surface area contributed by atoms with E-state index in [1.807, 2.05) is 19.2 Å². The molecular formula is C13H17ClN2. The largest absolute Gasteiger partial charge is 0.343 e. The number of hydrogen-bond donors (Lipinski definition) is 1. The van der Waals surface area contributed by atoms with Crippen LogP contribution in [-0.4, -0.2) is 11.6 Å². The summed E-state index contributed by atoms with van der Waals surface area (Å²) in [5.41, 5.74) is 2.50. The van der Waals surface area contributed by atoms with Gasteiger partial charge in [-0.2, -0.15) is 0 Å². The Labute approximate surface area is 101 Å². The molecule has 2 aromatic rings. The number of aromatic nitrogens is 1. The first-order chi connectivity index (χ1) is 7.69. The molecule has 1 unspecified atom stereocenters. The maximum Gasteiger partial charge on any atom is 0.0499 e. The van der Waals surface area contributed by atoms with E-state index in [1.165, 1.54) is 11.2 Å². The Morgan fingerprint density at radius 1 is 1.44 bits per heavy atom. The fraction of sp³-hybridized carbons (Fsp3) is 0.385. The third-order valence-electron chi connectivity index (χ3n) is 3.12. The molecule has 0 amide bonds. The molecule has 0 bridgehead atoms. The van der Waals surface area contributed by atoms with Crippen LogP contribution in [0.25, 0.3) is 10.9 Å². The highest BCUT2D eigenvalue weighted by Crippen LogP contribution is 2.29. The first kappa shape index (κ1) is 11.5. The average molecular weight is 237 g/mol. The summed E-state index contributed by atoms with van der Waals surface area (Å²) in [6.45, 7) is 5.28. The van der Waals surface area contributed by atoms with E-state index in [1.54, 1.807) is 0 Å². The Morgan fingerprint density at radius 3 is 2.81 bits per heavy atom. The molecule has 0 saturated carbocycles. The molecule has 0 spiro atoms. The minimum atomic E-state index is 0.336. The van der Waals surface area contributed by atoms with E-state index in [0.717, 1.165) is 17.0 Å². The number of rotatable bonds is 3. The number of benzene rings is 1. The Morgan fingerprint density at radius 2 is 2.19 bits per heavy atom. The molecule has 1 atom stereocenters. The summed E-state index contributed by atoms with van der Waals surface area (Å²) in [7, 11) is 1.98. The van der Waals surface area contributed by atoms with Crippen molar-refractivity contribution in [3.8, 4) is 0 Å². The molecule has 0 fully saturated rings. The lowest BCUT2D eigenvalue weighted by molar-refractivity contribution is 0.589. The van der Waals surface area contributed by atoms with Gasteiger partial charge in [-0.05, 0) is 39.1 Å². The van der Waals surface area contributed by atoms with Gasteiger partial charge in [-0.15, -0.1) is 0 Å². The predicted molar refractivity (Wildman–Crippen MR) is 70.1 cm³/mol. The van der Waals surface area contributed by atoms with Crippen molar-refractivity contribution in [2.75, 3.05) is 7.05 Å².